The number of aryl methyl sites for hydroxylation is 1. The Kier molecular flexibility index (Phi) is 4.88. The zero-order valence-corrected chi connectivity index (χ0v) is 13.4. The maximum atomic E-state index is 13.5. The molecule has 108 valence electrons. The van der Waals surface area contributed by atoms with Crippen LogP contribution >= 0.6 is 15.9 Å². The maximum absolute atomic E-state index is 13.5. The molecule has 6 heteroatoms. The van der Waals surface area contributed by atoms with E-state index in [1.807, 2.05) is 6.92 Å². The summed E-state index contributed by atoms with van der Waals surface area (Å²) in [4.78, 5) is 0. The molecule has 2 rings (SSSR count). The molecule has 1 N–H and O–H groups in total. The van der Waals surface area contributed by atoms with Crippen LogP contribution in [0.3, 0.4) is 0 Å². The standard InChI is InChI=1S/C14H18BrFN4/c1-9(2)6-17-7-11-8-18-19-20(11)14-5-12(15)13(16)4-10(14)3/h4-5,8-9,17H,6-7H2,1-3H3. The van der Waals surface area contributed by atoms with Gasteiger partial charge < -0.3 is 5.32 Å². The van der Waals surface area contributed by atoms with Crippen LogP contribution in [0, 0.1) is 18.7 Å². The topological polar surface area (TPSA) is 42.7 Å². The molecular formula is C14H18BrFN4. The van der Waals surface area contributed by atoms with Crippen LogP contribution in [0.15, 0.2) is 22.8 Å². The second-order valence-electron chi connectivity index (χ2n) is 5.21. The summed E-state index contributed by atoms with van der Waals surface area (Å²) < 4.78 is 15.7. The normalized spacial score (nSPS) is 11.3. The lowest BCUT2D eigenvalue weighted by Gasteiger charge is -2.11. The molecule has 1 aromatic carbocycles. The average Bonchev–Trinajstić information content (AvgIpc) is 2.81. The van der Waals surface area contributed by atoms with Crippen LogP contribution in [0.25, 0.3) is 5.69 Å². The van der Waals surface area contributed by atoms with Gasteiger partial charge in [0, 0.05) is 6.54 Å². The maximum Gasteiger partial charge on any atom is 0.137 e. The third kappa shape index (κ3) is 3.43. The van der Waals surface area contributed by atoms with Crippen molar-refractivity contribution in [2.75, 3.05) is 6.54 Å². The number of halogens is 2. The van der Waals surface area contributed by atoms with Gasteiger partial charge in [-0.2, -0.15) is 0 Å². The summed E-state index contributed by atoms with van der Waals surface area (Å²) in [5.41, 5.74) is 2.60. The van der Waals surface area contributed by atoms with E-state index in [1.165, 1.54) is 6.07 Å². The number of nitrogens with one attached hydrogen (secondary N) is 1. The summed E-state index contributed by atoms with van der Waals surface area (Å²) >= 11 is 3.21. The molecule has 0 unspecified atom stereocenters. The first-order chi connectivity index (χ1) is 9.49. The molecule has 0 bridgehead atoms. The summed E-state index contributed by atoms with van der Waals surface area (Å²) in [6.07, 6.45) is 1.73. The van der Waals surface area contributed by atoms with E-state index < -0.39 is 0 Å². The Morgan fingerprint density at radius 1 is 1.40 bits per heavy atom. The van der Waals surface area contributed by atoms with Gasteiger partial charge in [0.2, 0.25) is 0 Å². The smallest absolute Gasteiger partial charge is 0.137 e. The van der Waals surface area contributed by atoms with Crippen molar-refractivity contribution in [1.82, 2.24) is 20.3 Å². The number of hydrogen-bond acceptors (Lipinski definition) is 3. The minimum atomic E-state index is -0.272. The minimum absolute atomic E-state index is 0.272. The molecule has 0 saturated carbocycles. The number of benzene rings is 1. The minimum Gasteiger partial charge on any atom is -0.311 e. The Morgan fingerprint density at radius 2 is 2.15 bits per heavy atom. The second kappa shape index (κ2) is 6.45. The lowest BCUT2D eigenvalue weighted by molar-refractivity contribution is 0.542. The van der Waals surface area contributed by atoms with Crippen molar-refractivity contribution in [2.24, 2.45) is 5.92 Å². The van der Waals surface area contributed by atoms with E-state index in [4.69, 9.17) is 0 Å². The average molecular weight is 341 g/mol. The molecule has 0 amide bonds. The third-order valence-corrected chi connectivity index (χ3v) is 3.55. The molecule has 0 aliphatic carbocycles. The number of rotatable bonds is 5. The first kappa shape index (κ1) is 15.1. The van der Waals surface area contributed by atoms with E-state index in [2.05, 4.69) is 45.4 Å². The molecule has 0 spiro atoms. The molecule has 4 nitrogen and oxygen atoms in total. The van der Waals surface area contributed by atoms with Crippen LogP contribution in [0.5, 0.6) is 0 Å². The third-order valence-electron chi connectivity index (χ3n) is 2.95. The van der Waals surface area contributed by atoms with Crippen LogP contribution in [-0.2, 0) is 6.54 Å². The van der Waals surface area contributed by atoms with Gasteiger partial charge in [-0.25, -0.2) is 9.07 Å². The van der Waals surface area contributed by atoms with Crippen LogP contribution in [-0.4, -0.2) is 21.5 Å². The van der Waals surface area contributed by atoms with Crippen LogP contribution in [0.2, 0.25) is 0 Å². The van der Waals surface area contributed by atoms with Gasteiger partial charge in [-0.1, -0.05) is 19.1 Å². The monoisotopic (exact) mass is 340 g/mol. The Hall–Kier alpha value is -1.27. The van der Waals surface area contributed by atoms with E-state index in [0.29, 0.717) is 16.9 Å². The van der Waals surface area contributed by atoms with Gasteiger partial charge in [-0.15, -0.1) is 5.10 Å². The Morgan fingerprint density at radius 3 is 2.85 bits per heavy atom. The lowest BCUT2D eigenvalue weighted by atomic mass is 10.2. The van der Waals surface area contributed by atoms with E-state index in [0.717, 1.165) is 23.5 Å². The summed E-state index contributed by atoms with van der Waals surface area (Å²) in [7, 11) is 0. The van der Waals surface area contributed by atoms with Gasteiger partial charge in [0.1, 0.15) is 5.82 Å². The largest absolute Gasteiger partial charge is 0.311 e. The van der Waals surface area contributed by atoms with Gasteiger partial charge in [-0.3, -0.25) is 0 Å². The summed E-state index contributed by atoms with van der Waals surface area (Å²) in [5.74, 6) is 0.312. The lowest BCUT2D eigenvalue weighted by Crippen LogP contribution is -2.21. The van der Waals surface area contributed by atoms with Crippen molar-refractivity contribution in [2.45, 2.75) is 27.3 Å². The summed E-state index contributed by atoms with van der Waals surface area (Å²) in [5, 5.41) is 11.4. The molecule has 2 aromatic rings. The Bertz CT molecular complexity index is 595. The van der Waals surface area contributed by atoms with Gasteiger partial charge in [0.15, 0.2) is 0 Å². The second-order valence-corrected chi connectivity index (χ2v) is 6.07. The first-order valence-electron chi connectivity index (χ1n) is 6.55. The van der Waals surface area contributed by atoms with E-state index in [9.17, 15) is 4.39 Å². The van der Waals surface area contributed by atoms with Gasteiger partial charge in [-0.05, 0) is 53.0 Å². The van der Waals surface area contributed by atoms with Crippen LogP contribution in [0.1, 0.15) is 25.1 Å². The Labute approximate surface area is 126 Å². The highest BCUT2D eigenvalue weighted by molar-refractivity contribution is 9.10. The quantitative estimate of drug-likeness (QED) is 0.908. The van der Waals surface area contributed by atoms with E-state index in [1.54, 1.807) is 16.9 Å². The van der Waals surface area contributed by atoms with Gasteiger partial charge in [0.25, 0.3) is 0 Å². The molecule has 0 radical (unpaired) electrons. The van der Waals surface area contributed by atoms with Crippen molar-refractivity contribution < 1.29 is 4.39 Å². The van der Waals surface area contributed by atoms with Crippen molar-refractivity contribution in [3.63, 3.8) is 0 Å². The highest BCUT2D eigenvalue weighted by Crippen LogP contribution is 2.23. The highest BCUT2D eigenvalue weighted by atomic mass is 79.9. The number of aromatic nitrogens is 3. The Balaban J connectivity index is 2.25. The van der Waals surface area contributed by atoms with Crippen molar-refractivity contribution >= 4 is 15.9 Å². The van der Waals surface area contributed by atoms with E-state index in [-0.39, 0.29) is 5.82 Å². The fourth-order valence-corrected chi connectivity index (χ4v) is 2.26. The molecule has 0 aliphatic heterocycles. The molecule has 0 aliphatic rings. The van der Waals surface area contributed by atoms with E-state index >= 15 is 0 Å². The first-order valence-corrected chi connectivity index (χ1v) is 7.34. The predicted molar refractivity (Wildman–Crippen MR) is 80.3 cm³/mol. The fourth-order valence-electron chi connectivity index (χ4n) is 1.93. The van der Waals surface area contributed by atoms with Gasteiger partial charge >= 0.3 is 0 Å². The summed E-state index contributed by atoms with van der Waals surface area (Å²) in [6.45, 7) is 7.78. The zero-order chi connectivity index (χ0) is 14.7. The molecular weight excluding hydrogens is 323 g/mol. The SMILES string of the molecule is Cc1cc(F)c(Br)cc1-n1nncc1CNCC(C)C. The molecule has 0 saturated heterocycles. The summed E-state index contributed by atoms with van der Waals surface area (Å²) in [6, 6.07) is 3.22. The molecule has 1 heterocycles. The van der Waals surface area contributed by atoms with Crippen LogP contribution in [0.4, 0.5) is 4.39 Å². The van der Waals surface area contributed by atoms with Gasteiger partial charge in [0.05, 0.1) is 22.1 Å². The number of nitrogens with zero attached hydrogens (tertiary/aromatic N) is 3. The van der Waals surface area contributed by atoms with Crippen molar-refractivity contribution in [1.29, 1.82) is 0 Å². The van der Waals surface area contributed by atoms with Crippen molar-refractivity contribution in [3.8, 4) is 5.69 Å². The fraction of sp³-hybridized carbons (Fsp3) is 0.429. The molecule has 1 aromatic heterocycles. The highest BCUT2D eigenvalue weighted by Gasteiger charge is 2.11. The van der Waals surface area contributed by atoms with Crippen molar-refractivity contribution in [3.05, 3.63) is 39.9 Å². The van der Waals surface area contributed by atoms with Crippen LogP contribution < -0.4 is 5.32 Å². The molecule has 20 heavy (non-hydrogen) atoms. The molecule has 0 atom stereocenters. The predicted octanol–water partition coefficient (Wildman–Crippen LogP) is 3.22. The molecule has 0 fully saturated rings. The number of hydrogen-bond donors (Lipinski definition) is 1. The zero-order valence-electron chi connectivity index (χ0n) is 11.8.